The van der Waals surface area contributed by atoms with Crippen LogP contribution in [0.5, 0.6) is 0 Å². The molecule has 0 aliphatic carbocycles. The zero-order valence-corrected chi connectivity index (χ0v) is 13.7. The van der Waals surface area contributed by atoms with Gasteiger partial charge in [0.1, 0.15) is 0 Å². The zero-order valence-electron chi connectivity index (χ0n) is 11.3. The second kappa shape index (κ2) is 8.11. The molecule has 8 heteroatoms. The van der Waals surface area contributed by atoms with Crippen LogP contribution in [0.2, 0.25) is 0 Å². The highest BCUT2D eigenvalue weighted by Gasteiger charge is 2.11. The van der Waals surface area contributed by atoms with Crippen LogP contribution >= 0.6 is 28.3 Å². The normalized spacial score (nSPS) is 10.4. The third kappa shape index (κ3) is 5.45. The van der Waals surface area contributed by atoms with Crippen LogP contribution in [0.4, 0.5) is 0 Å². The van der Waals surface area contributed by atoms with E-state index < -0.39 is 5.97 Å². The van der Waals surface area contributed by atoms with Crippen LogP contribution in [0, 0.1) is 0 Å². The van der Waals surface area contributed by atoms with E-state index in [9.17, 15) is 4.79 Å². The van der Waals surface area contributed by atoms with Gasteiger partial charge in [0.15, 0.2) is 0 Å². The van der Waals surface area contributed by atoms with Gasteiger partial charge in [0, 0.05) is 16.6 Å². The molecule has 0 fully saturated rings. The molecule has 0 bridgehead atoms. The molecule has 1 N–H and O–H groups in total. The Morgan fingerprint density at radius 2 is 2.24 bits per heavy atom. The molecule has 0 radical (unpaired) electrons. The lowest BCUT2D eigenvalue weighted by molar-refractivity contribution is -0.137. The van der Waals surface area contributed by atoms with Gasteiger partial charge in [0.05, 0.1) is 13.0 Å². The van der Waals surface area contributed by atoms with Crippen LogP contribution < -0.4 is 0 Å². The van der Waals surface area contributed by atoms with E-state index in [0.717, 1.165) is 10.0 Å². The third-order valence-corrected chi connectivity index (χ3v) is 3.16. The van der Waals surface area contributed by atoms with Crippen molar-refractivity contribution >= 4 is 34.3 Å². The highest BCUT2D eigenvalue weighted by Crippen LogP contribution is 2.20. The predicted octanol–water partition coefficient (Wildman–Crippen LogP) is 2.83. The summed E-state index contributed by atoms with van der Waals surface area (Å²) in [7, 11) is 1.81. The van der Waals surface area contributed by atoms with E-state index in [2.05, 4.69) is 26.1 Å². The maximum atomic E-state index is 10.5. The summed E-state index contributed by atoms with van der Waals surface area (Å²) in [6, 6.07) is 7.62. The maximum Gasteiger partial charge on any atom is 0.304 e. The van der Waals surface area contributed by atoms with Gasteiger partial charge < -0.3 is 9.63 Å². The second-order valence-electron chi connectivity index (χ2n) is 4.40. The number of aromatic nitrogens is 2. The van der Waals surface area contributed by atoms with Crippen molar-refractivity contribution in [3.63, 3.8) is 0 Å². The van der Waals surface area contributed by atoms with Crippen molar-refractivity contribution in [2.24, 2.45) is 0 Å². The number of nitrogens with zero attached hydrogens (tertiary/aromatic N) is 3. The molecule has 2 rings (SSSR count). The predicted molar refractivity (Wildman–Crippen MR) is 83.3 cm³/mol. The van der Waals surface area contributed by atoms with Crippen molar-refractivity contribution in [3.8, 4) is 11.4 Å². The summed E-state index contributed by atoms with van der Waals surface area (Å²) in [6.45, 7) is 0.859. The van der Waals surface area contributed by atoms with Crippen LogP contribution in [0.15, 0.2) is 33.3 Å². The average Bonchev–Trinajstić information content (AvgIpc) is 2.85. The van der Waals surface area contributed by atoms with Gasteiger partial charge >= 0.3 is 5.97 Å². The van der Waals surface area contributed by atoms with Crippen LogP contribution in [0.25, 0.3) is 11.4 Å². The standard InChI is InChI=1S/C13H14BrN3O3.ClH/c1-17(6-5-12(18)19)8-11-15-13(16-20-11)9-3-2-4-10(14)7-9;/h2-4,7H,5-6,8H2,1H3,(H,18,19);1H. The fraction of sp³-hybridized carbons (Fsp3) is 0.308. The highest BCUT2D eigenvalue weighted by atomic mass is 79.9. The largest absolute Gasteiger partial charge is 0.481 e. The minimum Gasteiger partial charge on any atom is -0.481 e. The number of carboxylic acid groups (broad SMARTS) is 1. The SMILES string of the molecule is CN(CCC(=O)O)Cc1nc(-c2cccc(Br)c2)no1.Cl. The lowest BCUT2D eigenvalue weighted by atomic mass is 10.2. The van der Waals surface area contributed by atoms with Crippen LogP contribution in [-0.2, 0) is 11.3 Å². The molecule has 1 aromatic carbocycles. The van der Waals surface area contributed by atoms with Crippen molar-refractivity contribution in [2.45, 2.75) is 13.0 Å². The van der Waals surface area contributed by atoms with E-state index in [0.29, 0.717) is 24.8 Å². The molecule has 0 aliphatic rings. The van der Waals surface area contributed by atoms with Gasteiger partial charge in [-0.1, -0.05) is 33.2 Å². The fourth-order valence-electron chi connectivity index (χ4n) is 1.66. The van der Waals surface area contributed by atoms with Gasteiger partial charge in [-0.05, 0) is 19.2 Å². The molecular formula is C13H15BrClN3O3. The van der Waals surface area contributed by atoms with Gasteiger partial charge in [-0.2, -0.15) is 4.98 Å². The number of aliphatic carboxylic acids is 1. The number of hydrogen-bond donors (Lipinski definition) is 1. The molecule has 114 valence electrons. The van der Waals surface area contributed by atoms with E-state index >= 15 is 0 Å². The van der Waals surface area contributed by atoms with Gasteiger partial charge in [0.25, 0.3) is 0 Å². The molecule has 2 aromatic rings. The number of halogens is 2. The molecule has 0 spiro atoms. The van der Waals surface area contributed by atoms with Gasteiger partial charge in [-0.15, -0.1) is 12.4 Å². The number of benzene rings is 1. The Balaban J connectivity index is 0.00000220. The monoisotopic (exact) mass is 375 g/mol. The Morgan fingerprint density at radius 3 is 2.90 bits per heavy atom. The molecule has 6 nitrogen and oxygen atoms in total. The van der Waals surface area contributed by atoms with Crippen molar-refractivity contribution < 1.29 is 14.4 Å². The van der Waals surface area contributed by atoms with Crippen molar-refractivity contribution in [2.75, 3.05) is 13.6 Å². The Bertz CT molecular complexity index is 606. The number of carboxylic acids is 1. The summed E-state index contributed by atoms with van der Waals surface area (Å²) >= 11 is 3.39. The first kappa shape index (κ1) is 17.6. The quantitative estimate of drug-likeness (QED) is 0.835. The summed E-state index contributed by atoms with van der Waals surface area (Å²) in [5.74, 6) is 0.165. The number of carbonyl (C=O) groups is 1. The Kier molecular flexibility index (Phi) is 6.80. The van der Waals surface area contributed by atoms with Crippen molar-refractivity contribution in [1.29, 1.82) is 0 Å². The number of hydrogen-bond acceptors (Lipinski definition) is 5. The van der Waals surface area contributed by atoms with Crippen molar-refractivity contribution in [1.82, 2.24) is 15.0 Å². The zero-order chi connectivity index (χ0) is 14.5. The third-order valence-electron chi connectivity index (χ3n) is 2.66. The van der Waals surface area contributed by atoms with Gasteiger partial charge in [-0.25, -0.2) is 0 Å². The first-order valence-corrected chi connectivity index (χ1v) is 6.83. The molecule has 0 atom stereocenters. The Hall–Kier alpha value is -1.44. The lowest BCUT2D eigenvalue weighted by Crippen LogP contribution is -2.21. The van der Waals surface area contributed by atoms with E-state index in [1.807, 2.05) is 36.2 Å². The molecule has 0 unspecified atom stereocenters. The molecule has 21 heavy (non-hydrogen) atoms. The molecule has 1 aromatic heterocycles. The topological polar surface area (TPSA) is 79.5 Å². The summed E-state index contributed by atoms with van der Waals surface area (Å²) in [4.78, 5) is 16.6. The first-order chi connectivity index (χ1) is 9.54. The molecule has 0 amide bonds. The minimum atomic E-state index is -0.822. The molecule has 1 heterocycles. The highest BCUT2D eigenvalue weighted by molar-refractivity contribution is 9.10. The van der Waals surface area contributed by atoms with Gasteiger partial charge in [0.2, 0.25) is 11.7 Å². The van der Waals surface area contributed by atoms with Crippen LogP contribution in [0.3, 0.4) is 0 Å². The maximum absolute atomic E-state index is 10.5. The van der Waals surface area contributed by atoms with Crippen LogP contribution in [-0.4, -0.2) is 39.7 Å². The lowest BCUT2D eigenvalue weighted by Gasteiger charge is -2.11. The first-order valence-electron chi connectivity index (χ1n) is 6.03. The smallest absolute Gasteiger partial charge is 0.304 e. The van der Waals surface area contributed by atoms with E-state index in [-0.39, 0.29) is 18.8 Å². The van der Waals surface area contributed by atoms with Crippen LogP contribution in [0.1, 0.15) is 12.3 Å². The summed E-state index contributed by atoms with van der Waals surface area (Å²) < 4.78 is 6.12. The average molecular weight is 377 g/mol. The summed E-state index contributed by atoms with van der Waals surface area (Å²) in [5.41, 5.74) is 0.863. The summed E-state index contributed by atoms with van der Waals surface area (Å²) in [5, 5.41) is 12.6. The summed E-state index contributed by atoms with van der Waals surface area (Å²) in [6.07, 6.45) is 0.0864. The molecule has 0 saturated carbocycles. The molecule has 0 aliphatic heterocycles. The van der Waals surface area contributed by atoms with E-state index in [4.69, 9.17) is 9.63 Å². The minimum absolute atomic E-state index is 0. The van der Waals surface area contributed by atoms with E-state index in [1.165, 1.54) is 0 Å². The second-order valence-corrected chi connectivity index (χ2v) is 5.32. The Labute approximate surface area is 136 Å². The molecule has 0 saturated heterocycles. The van der Waals surface area contributed by atoms with Crippen molar-refractivity contribution in [3.05, 3.63) is 34.6 Å². The van der Waals surface area contributed by atoms with Gasteiger partial charge in [-0.3, -0.25) is 9.69 Å². The number of rotatable bonds is 6. The Morgan fingerprint density at radius 1 is 1.48 bits per heavy atom. The molecular weight excluding hydrogens is 362 g/mol. The fourth-order valence-corrected chi connectivity index (χ4v) is 2.06. The van der Waals surface area contributed by atoms with E-state index in [1.54, 1.807) is 0 Å².